The van der Waals surface area contributed by atoms with E-state index in [4.69, 9.17) is 4.74 Å². The SMILES string of the molecule is CC(C)C[C@@H](C(=O)O)N1C(=O)[C@@H](CCc2ccccc2)[C@H]1N1C(=O)OC[C@@H]1c1ccccc1. The minimum atomic E-state index is -1.05. The molecule has 4 atom stereocenters. The second-order valence-corrected chi connectivity index (χ2v) is 9.18. The van der Waals surface area contributed by atoms with E-state index in [1.165, 1.54) is 4.90 Å². The number of likely N-dealkylation sites (tertiary alicyclic amines) is 1. The lowest BCUT2D eigenvalue weighted by Gasteiger charge is -2.53. The Morgan fingerprint density at radius 3 is 2.30 bits per heavy atom. The third kappa shape index (κ3) is 4.58. The number of rotatable bonds is 9. The fourth-order valence-corrected chi connectivity index (χ4v) is 4.90. The molecule has 33 heavy (non-hydrogen) atoms. The third-order valence-electron chi connectivity index (χ3n) is 6.50. The summed E-state index contributed by atoms with van der Waals surface area (Å²) in [6.45, 7) is 4.03. The second-order valence-electron chi connectivity index (χ2n) is 9.18. The Labute approximate surface area is 193 Å². The Morgan fingerprint density at radius 2 is 1.70 bits per heavy atom. The number of ether oxygens (including phenoxy) is 1. The first-order valence-electron chi connectivity index (χ1n) is 11.5. The molecular weight excluding hydrogens is 420 g/mol. The molecule has 2 aliphatic heterocycles. The van der Waals surface area contributed by atoms with Gasteiger partial charge in [-0.3, -0.25) is 9.69 Å². The lowest BCUT2D eigenvalue weighted by Crippen LogP contribution is -2.72. The molecule has 7 nitrogen and oxygen atoms in total. The van der Waals surface area contributed by atoms with Crippen molar-refractivity contribution in [2.45, 2.75) is 51.4 Å². The molecule has 174 valence electrons. The van der Waals surface area contributed by atoms with Gasteiger partial charge in [0.2, 0.25) is 5.91 Å². The largest absolute Gasteiger partial charge is 0.480 e. The second kappa shape index (κ2) is 9.65. The molecule has 1 N–H and O–H groups in total. The van der Waals surface area contributed by atoms with Crippen LogP contribution < -0.4 is 0 Å². The smallest absolute Gasteiger partial charge is 0.412 e. The number of cyclic esters (lactones) is 1. The Bertz CT molecular complexity index is 994. The van der Waals surface area contributed by atoms with Crippen LogP contribution in [0.4, 0.5) is 4.79 Å². The summed E-state index contributed by atoms with van der Waals surface area (Å²) in [6, 6.07) is 18.0. The van der Waals surface area contributed by atoms with Gasteiger partial charge in [-0.25, -0.2) is 9.59 Å². The van der Waals surface area contributed by atoms with E-state index in [1.807, 2.05) is 74.5 Å². The monoisotopic (exact) mass is 450 g/mol. The van der Waals surface area contributed by atoms with Crippen LogP contribution in [-0.4, -0.2) is 51.7 Å². The number of hydrogen-bond donors (Lipinski definition) is 1. The van der Waals surface area contributed by atoms with Crippen molar-refractivity contribution in [1.29, 1.82) is 0 Å². The van der Waals surface area contributed by atoms with Crippen LogP contribution in [0, 0.1) is 11.8 Å². The highest BCUT2D eigenvalue weighted by Gasteiger charge is 2.58. The molecule has 0 unspecified atom stereocenters. The summed E-state index contributed by atoms with van der Waals surface area (Å²) in [5.74, 6) is -1.66. The van der Waals surface area contributed by atoms with Gasteiger partial charge in [0.05, 0.1) is 12.0 Å². The molecule has 2 aromatic carbocycles. The lowest BCUT2D eigenvalue weighted by atomic mass is 9.83. The number of carbonyl (C=O) groups is 3. The lowest BCUT2D eigenvalue weighted by molar-refractivity contribution is -0.183. The molecule has 2 aromatic rings. The highest BCUT2D eigenvalue weighted by atomic mass is 16.6. The van der Waals surface area contributed by atoms with Crippen molar-refractivity contribution in [2.75, 3.05) is 6.61 Å². The van der Waals surface area contributed by atoms with E-state index < -0.39 is 30.2 Å². The van der Waals surface area contributed by atoms with E-state index in [2.05, 4.69) is 0 Å². The Morgan fingerprint density at radius 1 is 1.06 bits per heavy atom. The number of β-lactam (4-membered cyclic amide) rings is 1. The van der Waals surface area contributed by atoms with Crippen LogP contribution in [0.15, 0.2) is 60.7 Å². The zero-order valence-electron chi connectivity index (χ0n) is 19.0. The quantitative estimate of drug-likeness (QED) is 0.582. The topological polar surface area (TPSA) is 87.2 Å². The van der Waals surface area contributed by atoms with Crippen LogP contribution in [-0.2, 0) is 20.7 Å². The van der Waals surface area contributed by atoms with Crippen LogP contribution in [0.5, 0.6) is 0 Å². The number of aliphatic carboxylic acids is 1. The number of nitrogens with zero attached hydrogens (tertiary/aromatic N) is 2. The van der Waals surface area contributed by atoms with Gasteiger partial charge in [-0.1, -0.05) is 74.5 Å². The summed E-state index contributed by atoms with van der Waals surface area (Å²) >= 11 is 0. The molecule has 0 bridgehead atoms. The van der Waals surface area contributed by atoms with Gasteiger partial charge in [-0.2, -0.15) is 0 Å². The maximum Gasteiger partial charge on any atom is 0.412 e. The Balaban J connectivity index is 1.66. The molecule has 2 saturated heterocycles. The molecule has 0 aromatic heterocycles. The highest BCUT2D eigenvalue weighted by molar-refractivity contribution is 5.92. The number of aryl methyl sites for hydroxylation is 1. The van der Waals surface area contributed by atoms with Crippen LogP contribution in [0.1, 0.15) is 43.9 Å². The number of hydrogen-bond acceptors (Lipinski definition) is 4. The standard InChI is InChI=1S/C26H30N2O5/c1-17(2)15-21(25(30)31)27-23(20(24(27)29)14-13-18-9-5-3-6-10-18)28-22(16-33-26(28)32)19-11-7-4-8-12-19/h3-12,17,20-23H,13-16H2,1-2H3,(H,30,31)/t20-,21-,22+,23+/m0/s1. The van der Waals surface area contributed by atoms with Crippen LogP contribution in [0.25, 0.3) is 0 Å². The zero-order chi connectivity index (χ0) is 23.5. The van der Waals surface area contributed by atoms with Crippen molar-refractivity contribution in [2.24, 2.45) is 11.8 Å². The molecule has 2 amide bonds. The Kier molecular flexibility index (Phi) is 6.67. The minimum Gasteiger partial charge on any atom is -0.480 e. The zero-order valence-corrected chi connectivity index (χ0v) is 19.0. The summed E-state index contributed by atoms with van der Waals surface area (Å²) in [4.78, 5) is 41.4. The van der Waals surface area contributed by atoms with E-state index >= 15 is 0 Å². The number of carboxylic acid groups (broad SMARTS) is 1. The summed E-state index contributed by atoms with van der Waals surface area (Å²) < 4.78 is 5.41. The predicted molar refractivity (Wildman–Crippen MR) is 122 cm³/mol. The van der Waals surface area contributed by atoms with E-state index in [-0.39, 0.29) is 24.5 Å². The number of amides is 2. The van der Waals surface area contributed by atoms with Gasteiger partial charge in [-0.05, 0) is 36.3 Å². The summed E-state index contributed by atoms with van der Waals surface area (Å²) in [7, 11) is 0. The fraction of sp³-hybridized carbons (Fsp3) is 0.423. The van der Waals surface area contributed by atoms with Crippen molar-refractivity contribution < 1.29 is 24.2 Å². The maximum absolute atomic E-state index is 13.3. The first-order valence-corrected chi connectivity index (χ1v) is 11.5. The van der Waals surface area contributed by atoms with Gasteiger partial charge >= 0.3 is 12.1 Å². The van der Waals surface area contributed by atoms with E-state index in [0.29, 0.717) is 19.3 Å². The molecule has 2 heterocycles. The van der Waals surface area contributed by atoms with Gasteiger partial charge in [0.15, 0.2) is 0 Å². The Hall–Kier alpha value is -3.35. The molecular formula is C26H30N2O5. The van der Waals surface area contributed by atoms with Crippen molar-refractivity contribution in [3.63, 3.8) is 0 Å². The first-order chi connectivity index (χ1) is 15.9. The molecule has 0 saturated carbocycles. The van der Waals surface area contributed by atoms with Crippen LogP contribution in [0.3, 0.4) is 0 Å². The predicted octanol–water partition coefficient (Wildman–Crippen LogP) is 4.10. The molecule has 2 aliphatic rings. The molecule has 0 radical (unpaired) electrons. The average Bonchev–Trinajstić information content (AvgIpc) is 3.18. The molecule has 0 spiro atoms. The summed E-state index contributed by atoms with van der Waals surface area (Å²) in [5, 5.41) is 9.95. The first kappa shape index (κ1) is 22.8. The van der Waals surface area contributed by atoms with Gasteiger partial charge in [0, 0.05) is 0 Å². The average molecular weight is 451 g/mol. The minimum absolute atomic E-state index is 0.0818. The van der Waals surface area contributed by atoms with E-state index in [1.54, 1.807) is 4.90 Å². The molecule has 7 heteroatoms. The highest BCUT2D eigenvalue weighted by Crippen LogP contribution is 2.42. The molecule has 2 fully saturated rings. The van der Waals surface area contributed by atoms with Gasteiger partial charge < -0.3 is 14.7 Å². The van der Waals surface area contributed by atoms with Crippen LogP contribution in [0.2, 0.25) is 0 Å². The maximum atomic E-state index is 13.3. The van der Waals surface area contributed by atoms with E-state index in [9.17, 15) is 19.5 Å². The van der Waals surface area contributed by atoms with Gasteiger partial charge in [0.1, 0.15) is 18.8 Å². The third-order valence-corrected chi connectivity index (χ3v) is 6.50. The van der Waals surface area contributed by atoms with Crippen molar-refractivity contribution in [3.05, 3.63) is 71.8 Å². The number of carbonyl (C=O) groups excluding carboxylic acids is 2. The van der Waals surface area contributed by atoms with Gasteiger partial charge in [-0.15, -0.1) is 0 Å². The number of carboxylic acids is 1. The summed E-state index contributed by atoms with van der Waals surface area (Å²) in [5.41, 5.74) is 2.00. The summed E-state index contributed by atoms with van der Waals surface area (Å²) in [6.07, 6.45) is 0.360. The van der Waals surface area contributed by atoms with Crippen molar-refractivity contribution in [1.82, 2.24) is 9.80 Å². The normalized spacial score (nSPS) is 23.4. The van der Waals surface area contributed by atoms with Crippen molar-refractivity contribution >= 4 is 18.0 Å². The van der Waals surface area contributed by atoms with Gasteiger partial charge in [0.25, 0.3) is 0 Å². The van der Waals surface area contributed by atoms with E-state index in [0.717, 1.165) is 11.1 Å². The molecule has 0 aliphatic carbocycles. The molecule has 4 rings (SSSR count). The fourth-order valence-electron chi connectivity index (χ4n) is 4.90. The van der Waals surface area contributed by atoms with Crippen molar-refractivity contribution in [3.8, 4) is 0 Å². The number of benzene rings is 2. The van der Waals surface area contributed by atoms with Crippen LogP contribution >= 0.6 is 0 Å².